The van der Waals surface area contributed by atoms with Crippen LogP contribution < -0.4 is 15.5 Å². The average molecular weight is 366 g/mol. The quantitative estimate of drug-likeness (QED) is 0.724. The Morgan fingerprint density at radius 3 is 2.52 bits per heavy atom. The predicted octanol–water partition coefficient (Wildman–Crippen LogP) is 1.44. The van der Waals surface area contributed by atoms with Gasteiger partial charge in [0.25, 0.3) is 0 Å². The second kappa shape index (κ2) is 6.98. The van der Waals surface area contributed by atoms with E-state index in [9.17, 15) is 4.79 Å². The maximum absolute atomic E-state index is 11.4. The second-order valence-electron chi connectivity index (χ2n) is 6.14. The Bertz CT molecular complexity index is 949. The Balaban J connectivity index is 1.61. The molecule has 1 saturated heterocycles. The number of carbonyl (C=O) groups excluding carboxylic acids is 1. The molecule has 0 unspecified atom stereocenters. The Morgan fingerprint density at radius 2 is 1.78 bits per heavy atom. The first-order chi connectivity index (χ1) is 13.1. The topological polar surface area (TPSA) is 127 Å². The summed E-state index contributed by atoms with van der Waals surface area (Å²) in [6.07, 6.45) is 0.949. The van der Waals surface area contributed by atoms with Crippen LogP contribution in [0.25, 0.3) is 11.6 Å². The van der Waals surface area contributed by atoms with Gasteiger partial charge in [0.1, 0.15) is 5.78 Å². The van der Waals surface area contributed by atoms with Crippen LogP contribution in [0.3, 0.4) is 0 Å². The fraction of sp³-hybridized carbons (Fsp3) is 0.294. The van der Waals surface area contributed by atoms with Gasteiger partial charge in [-0.15, -0.1) is 0 Å². The highest BCUT2D eigenvalue weighted by Gasteiger charge is 2.23. The molecule has 1 aromatic carbocycles. The van der Waals surface area contributed by atoms with E-state index in [0.29, 0.717) is 37.9 Å². The minimum Gasteiger partial charge on any atom is -0.368 e. The van der Waals surface area contributed by atoms with Crippen molar-refractivity contribution in [1.82, 2.24) is 25.1 Å². The monoisotopic (exact) mass is 366 g/mol. The van der Waals surface area contributed by atoms with Crippen LogP contribution in [0.1, 0.15) is 12.8 Å². The molecule has 3 aromatic rings. The standard InChI is InChI=1S/C17H18N8O2/c1-24(11-5-3-2-4-6-11)16-20-13(19-15(18)22-16)14-21-17(27-23-14)25-9-7-12(26)8-10-25/h2-6H,7-10H2,1H3,(H2,18,19,20,22). The molecule has 3 heterocycles. The lowest BCUT2D eigenvalue weighted by Gasteiger charge is -2.23. The number of ketones is 1. The third kappa shape index (κ3) is 3.54. The lowest BCUT2D eigenvalue weighted by Crippen LogP contribution is -2.33. The minimum atomic E-state index is 0.0627. The number of nitrogen functional groups attached to an aromatic ring is 1. The number of para-hydroxylation sites is 1. The molecular formula is C17H18N8O2. The summed E-state index contributed by atoms with van der Waals surface area (Å²) in [4.78, 5) is 32.1. The molecule has 0 saturated carbocycles. The minimum absolute atomic E-state index is 0.0627. The lowest BCUT2D eigenvalue weighted by atomic mass is 10.1. The summed E-state index contributed by atoms with van der Waals surface area (Å²) in [6.45, 7) is 1.11. The third-order valence-corrected chi connectivity index (χ3v) is 4.29. The number of aromatic nitrogens is 5. The van der Waals surface area contributed by atoms with Crippen LogP contribution in [-0.4, -0.2) is 51.0 Å². The molecule has 0 radical (unpaired) electrons. The highest BCUT2D eigenvalue weighted by molar-refractivity contribution is 5.80. The molecule has 0 amide bonds. The summed E-state index contributed by atoms with van der Waals surface area (Å²) in [7, 11) is 1.83. The maximum atomic E-state index is 11.4. The third-order valence-electron chi connectivity index (χ3n) is 4.29. The Hall–Kier alpha value is -3.56. The first kappa shape index (κ1) is 16.9. The highest BCUT2D eigenvalue weighted by atomic mass is 16.5. The smallest absolute Gasteiger partial charge is 0.324 e. The number of hydrogen-bond donors (Lipinski definition) is 1. The van der Waals surface area contributed by atoms with Crippen molar-refractivity contribution < 1.29 is 9.32 Å². The van der Waals surface area contributed by atoms with Crippen LogP contribution in [0.15, 0.2) is 34.9 Å². The van der Waals surface area contributed by atoms with Gasteiger partial charge in [-0.2, -0.15) is 19.9 Å². The zero-order valence-electron chi connectivity index (χ0n) is 14.7. The molecule has 1 fully saturated rings. The molecule has 1 aliphatic rings. The van der Waals surface area contributed by atoms with Crippen LogP contribution in [0, 0.1) is 0 Å². The van der Waals surface area contributed by atoms with Gasteiger partial charge in [-0.3, -0.25) is 4.79 Å². The van der Waals surface area contributed by atoms with E-state index in [1.807, 2.05) is 42.3 Å². The molecule has 10 heteroatoms. The molecule has 1 aliphatic heterocycles. The molecule has 2 N–H and O–H groups in total. The second-order valence-corrected chi connectivity index (χ2v) is 6.14. The number of nitrogens with zero attached hydrogens (tertiary/aromatic N) is 7. The van der Waals surface area contributed by atoms with Gasteiger partial charge in [0.05, 0.1) is 0 Å². The van der Waals surface area contributed by atoms with Gasteiger partial charge >= 0.3 is 6.01 Å². The van der Waals surface area contributed by atoms with Gasteiger partial charge in [0, 0.05) is 38.7 Å². The number of benzene rings is 1. The van der Waals surface area contributed by atoms with E-state index >= 15 is 0 Å². The number of anilines is 4. The van der Waals surface area contributed by atoms with Crippen molar-refractivity contribution in [2.45, 2.75) is 12.8 Å². The van der Waals surface area contributed by atoms with E-state index in [4.69, 9.17) is 10.3 Å². The Kier molecular flexibility index (Phi) is 4.37. The summed E-state index contributed by atoms with van der Waals surface area (Å²) in [5.41, 5.74) is 6.76. The SMILES string of the molecule is CN(c1ccccc1)c1nc(N)nc(-c2noc(N3CCC(=O)CC3)n2)n1. The number of piperidine rings is 1. The average Bonchev–Trinajstić information content (AvgIpc) is 3.18. The summed E-state index contributed by atoms with van der Waals surface area (Å²) >= 11 is 0. The van der Waals surface area contributed by atoms with Crippen molar-refractivity contribution in [1.29, 1.82) is 0 Å². The largest absolute Gasteiger partial charge is 0.368 e. The van der Waals surface area contributed by atoms with E-state index in [0.717, 1.165) is 5.69 Å². The predicted molar refractivity (Wildman–Crippen MR) is 98.5 cm³/mol. The summed E-state index contributed by atoms with van der Waals surface area (Å²) in [5, 5.41) is 3.96. The van der Waals surface area contributed by atoms with Gasteiger partial charge in [0.15, 0.2) is 0 Å². The zero-order valence-corrected chi connectivity index (χ0v) is 14.7. The molecule has 138 valence electrons. The highest BCUT2D eigenvalue weighted by Crippen LogP contribution is 2.24. The summed E-state index contributed by atoms with van der Waals surface area (Å²) < 4.78 is 5.32. The number of Topliss-reactive ketones (excluding diaryl/α,β-unsaturated/α-hetero) is 1. The van der Waals surface area contributed by atoms with E-state index in [-0.39, 0.29) is 23.4 Å². The van der Waals surface area contributed by atoms with Crippen LogP contribution in [0.2, 0.25) is 0 Å². The Morgan fingerprint density at radius 1 is 1.04 bits per heavy atom. The van der Waals surface area contributed by atoms with Gasteiger partial charge in [-0.1, -0.05) is 23.4 Å². The van der Waals surface area contributed by atoms with E-state index in [2.05, 4.69) is 25.1 Å². The molecule has 10 nitrogen and oxygen atoms in total. The maximum Gasteiger partial charge on any atom is 0.324 e. The Labute approximate surface area is 155 Å². The molecule has 27 heavy (non-hydrogen) atoms. The van der Waals surface area contributed by atoms with Crippen molar-refractivity contribution in [3.63, 3.8) is 0 Å². The molecule has 4 rings (SSSR count). The van der Waals surface area contributed by atoms with Gasteiger partial charge in [-0.05, 0) is 12.1 Å². The lowest BCUT2D eigenvalue weighted by molar-refractivity contribution is -0.119. The number of carbonyl (C=O) groups is 1. The molecule has 0 spiro atoms. The van der Waals surface area contributed by atoms with Crippen molar-refractivity contribution in [2.75, 3.05) is 35.7 Å². The van der Waals surface area contributed by atoms with Crippen molar-refractivity contribution >= 4 is 29.4 Å². The van der Waals surface area contributed by atoms with Crippen LogP contribution in [0.5, 0.6) is 0 Å². The number of rotatable bonds is 4. The van der Waals surface area contributed by atoms with Gasteiger partial charge in [0.2, 0.25) is 23.5 Å². The number of hydrogen-bond acceptors (Lipinski definition) is 10. The van der Waals surface area contributed by atoms with E-state index in [1.165, 1.54) is 0 Å². The molecule has 0 bridgehead atoms. The van der Waals surface area contributed by atoms with E-state index in [1.54, 1.807) is 4.90 Å². The van der Waals surface area contributed by atoms with Crippen molar-refractivity contribution in [2.24, 2.45) is 0 Å². The van der Waals surface area contributed by atoms with E-state index < -0.39 is 0 Å². The molecular weight excluding hydrogens is 348 g/mol. The number of nitrogens with two attached hydrogens (primary N) is 1. The molecule has 0 aliphatic carbocycles. The molecule has 0 atom stereocenters. The van der Waals surface area contributed by atoms with Gasteiger partial charge < -0.3 is 20.1 Å². The molecule has 2 aromatic heterocycles. The first-order valence-electron chi connectivity index (χ1n) is 8.51. The van der Waals surface area contributed by atoms with Crippen LogP contribution in [-0.2, 0) is 4.79 Å². The summed E-state index contributed by atoms with van der Waals surface area (Å²) in [5.74, 6) is 1.12. The normalized spacial score (nSPS) is 14.4. The summed E-state index contributed by atoms with van der Waals surface area (Å²) in [6, 6.07) is 9.99. The first-order valence-corrected chi connectivity index (χ1v) is 8.51. The van der Waals surface area contributed by atoms with Crippen molar-refractivity contribution in [3.8, 4) is 11.6 Å². The van der Waals surface area contributed by atoms with Crippen LogP contribution in [0.4, 0.5) is 23.6 Å². The van der Waals surface area contributed by atoms with Crippen molar-refractivity contribution in [3.05, 3.63) is 30.3 Å². The fourth-order valence-corrected chi connectivity index (χ4v) is 2.78. The van der Waals surface area contributed by atoms with Crippen LogP contribution >= 0.6 is 0 Å². The fourth-order valence-electron chi connectivity index (χ4n) is 2.78. The van der Waals surface area contributed by atoms with Gasteiger partial charge in [-0.25, -0.2) is 0 Å². The zero-order chi connectivity index (χ0) is 18.8.